The molecule has 5 atom stereocenters. The van der Waals surface area contributed by atoms with E-state index in [4.69, 9.17) is 37.4 Å². The normalized spacial score (nSPS) is 24.0. The SMILES string of the molecule is COC(CNc1ncnc2c1ccn2[C@@H]1O[C@H]([C@H](O)c2ccc(Cl)c(Cl)c2)[C@@H](O)[C@H]1O)OC. The monoisotopic (exact) mass is 498 g/mol. The molecule has 3 aromatic rings. The van der Waals surface area contributed by atoms with Gasteiger partial charge in [0.25, 0.3) is 0 Å². The highest BCUT2D eigenvalue weighted by molar-refractivity contribution is 6.42. The molecule has 0 radical (unpaired) electrons. The molecule has 1 saturated heterocycles. The van der Waals surface area contributed by atoms with E-state index in [1.54, 1.807) is 29.0 Å². The van der Waals surface area contributed by atoms with E-state index in [2.05, 4.69) is 15.3 Å². The van der Waals surface area contributed by atoms with Crippen molar-refractivity contribution < 1.29 is 29.5 Å². The summed E-state index contributed by atoms with van der Waals surface area (Å²) in [7, 11) is 3.07. The number of hydrogen-bond acceptors (Lipinski definition) is 9. The Hall–Kier alpha value is -2.02. The van der Waals surface area contributed by atoms with Crippen molar-refractivity contribution in [3.63, 3.8) is 0 Å². The predicted octanol–water partition coefficient (Wildman–Crippen LogP) is 2.12. The van der Waals surface area contributed by atoms with E-state index in [0.717, 1.165) is 0 Å². The molecular weight excluding hydrogens is 475 g/mol. The molecule has 0 saturated carbocycles. The van der Waals surface area contributed by atoms with Gasteiger partial charge in [-0.05, 0) is 23.8 Å². The molecule has 2 aromatic heterocycles. The molecule has 3 heterocycles. The Morgan fingerprint density at radius 3 is 2.58 bits per heavy atom. The molecule has 0 unspecified atom stereocenters. The second-order valence-corrected chi connectivity index (χ2v) is 8.37. The molecule has 0 amide bonds. The molecule has 33 heavy (non-hydrogen) atoms. The van der Waals surface area contributed by atoms with Crippen molar-refractivity contribution >= 4 is 40.1 Å². The van der Waals surface area contributed by atoms with Gasteiger partial charge in [0.2, 0.25) is 0 Å². The van der Waals surface area contributed by atoms with Crippen molar-refractivity contribution in [3.05, 3.63) is 52.4 Å². The summed E-state index contributed by atoms with van der Waals surface area (Å²) >= 11 is 12.0. The highest BCUT2D eigenvalue weighted by atomic mass is 35.5. The van der Waals surface area contributed by atoms with Crippen LogP contribution in [0.25, 0.3) is 11.0 Å². The average molecular weight is 499 g/mol. The zero-order valence-corrected chi connectivity index (χ0v) is 19.3. The lowest BCUT2D eigenvalue weighted by molar-refractivity contribution is -0.0914. The third-order valence-electron chi connectivity index (χ3n) is 5.62. The lowest BCUT2D eigenvalue weighted by Crippen LogP contribution is -2.34. The fourth-order valence-corrected chi connectivity index (χ4v) is 4.13. The first kappa shape index (κ1) is 24.1. The van der Waals surface area contributed by atoms with Crippen LogP contribution in [0.5, 0.6) is 0 Å². The molecule has 12 heteroatoms. The van der Waals surface area contributed by atoms with Gasteiger partial charge in [0.1, 0.15) is 42.2 Å². The Bertz CT molecular complexity index is 1110. The van der Waals surface area contributed by atoms with Crippen molar-refractivity contribution in [1.82, 2.24) is 14.5 Å². The summed E-state index contributed by atoms with van der Waals surface area (Å²) < 4.78 is 17.9. The van der Waals surface area contributed by atoms with Gasteiger partial charge in [0, 0.05) is 20.4 Å². The fraction of sp³-hybridized carbons (Fsp3) is 0.429. The second-order valence-electron chi connectivity index (χ2n) is 7.56. The molecular formula is C21H24Cl2N4O6. The number of benzene rings is 1. The summed E-state index contributed by atoms with van der Waals surface area (Å²) in [4.78, 5) is 8.56. The number of nitrogens with zero attached hydrogens (tertiary/aromatic N) is 3. The van der Waals surface area contributed by atoms with Crippen LogP contribution in [0.15, 0.2) is 36.8 Å². The molecule has 1 aromatic carbocycles. The average Bonchev–Trinajstić information content (AvgIpc) is 3.37. The quantitative estimate of drug-likeness (QED) is 0.344. The van der Waals surface area contributed by atoms with Crippen molar-refractivity contribution in [2.75, 3.05) is 26.1 Å². The maximum Gasteiger partial charge on any atom is 0.173 e. The molecule has 4 N–H and O–H groups in total. The predicted molar refractivity (Wildman–Crippen MR) is 121 cm³/mol. The van der Waals surface area contributed by atoms with Crippen molar-refractivity contribution in [3.8, 4) is 0 Å². The molecule has 0 spiro atoms. The first-order valence-corrected chi connectivity index (χ1v) is 10.9. The third kappa shape index (κ3) is 4.66. The number of aliphatic hydroxyl groups excluding tert-OH is 3. The van der Waals surface area contributed by atoms with E-state index in [1.807, 2.05) is 0 Å². The zero-order valence-electron chi connectivity index (χ0n) is 17.8. The first-order valence-electron chi connectivity index (χ1n) is 10.1. The topological polar surface area (TPSA) is 131 Å². The van der Waals surface area contributed by atoms with E-state index in [0.29, 0.717) is 34.0 Å². The maximum atomic E-state index is 10.8. The summed E-state index contributed by atoms with van der Waals surface area (Å²) in [5, 5.41) is 36.6. The van der Waals surface area contributed by atoms with Crippen molar-refractivity contribution in [1.29, 1.82) is 0 Å². The molecule has 1 aliphatic heterocycles. The van der Waals surface area contributed by atoms with Crippen LogP contribution in [0.1, 0.15) is 17.9 Å². The van der Waals surface area contributed by atoms with E-state index < -0.39 is 36.9 Å². The Morgan fingerprint density at radius 2 is 1.88 bits per heavy atom. The van der Waals surface area contributed by atoms with Crippen LogP contribution in [0.2, 0.25) is 10.0 Å². The number of halogens is 2. The van der Waals surface area contributed by atoms with Crippen molar-refractivity contribution in [2.45, 2.75) is 36.9 Å². The van der Waals surface area contributed by atoms with E-state index in [9.17, 15) is 15.3 Å². The van der Waals surface area contributed by atoms with Crippen LogP contribution in [-0.4, -0.2) is 75.2 Å². The molecule has 178 valence electrons. The van der Waals surface area contributed by atoms with Gasteiger partial charge in [0.05, 0.1) is 22.0 Å². The number of nitrogens with one attached hydrogen (secondary N) is 1. The van der Waals surface area contributed by atoms with E-state index in [-0.39, 0.29) is 5.02 Å². The number of hydrogen-bond donors (Lipinski definition) is 4. The van der Waals surface area contributed by atoms with Crippen LogP contribution < -0.4 is 5.32 Å². The van der Waals surface area contributed by atoms with Gasteiger partial charge in [-0.3, -0.25) is 0 Å². The summed E-state index contributed by atoms with van der Waals surface area (Å²) in [6.07, 6.45) is -3.45. The number of methoxy groups -OCH3 is 2. The van der Waals surface area contributed by atoms with Gasteiger partial charge in [-0.1, -0.05) is 29.3 Å². The minimum Gasteiger partial charge on any atom is -0.387 e. The highest BCUT2D eigenvalue weighted by Crippen LogP contribution is 2.38. The van der Waals surface area contributed by atoms with E-state index >= 15 is 0 Å². The molecule has 0 bridgehead atoms. The molecule has 0 aliphatic carbocycles. The van der Waals surface area contributed by atoms with Crippen LogP contribution in [0, 0.1) is 0 Å². The van der Waals surface area contributed by atoms with Gasteiger partial charge in [-0.25, -0.2) is 9.97 Å². The van der Waals surface area contributed by atoms with E-state index in [1.165, 1.54) is 26.6 Å². The lowest BCUT2D eigenvalue weighted by Gasteiger charge is -2.21. The van der Waals surface area contributed by atoms with Gasteiger partial charge in [-0.2, -0.15) is 0 Å². The number of ether oxygens (including phenoxy) is 3. The Labute approximate surface area is 199 Å². The maximum absolute atomic E-state index is 10.8. The summed E-state index contributed by atoms with van der Waals surface area (Å²) in [5.74, 6) is 0.540. The van der Waals surface area contributed by atoms with Gasteiger partial charge < -0.3 is 39.4 Å². The number of rotatable bonds is 8. The fourth-order valence-electron chi connectivity index (χ4n) is 3.82. The first-order chi connectivity index (χ1) is 15.8. The molecule has 1 aliphatic rings. The highest BCUT2D eigenvalue weighted by Gasteiger charge is 2.47. The zero-order chi connectivity index (χ0) is 23.7. The minimum absolute atomic E-state index is 0.259. The van der Waals surface area contributed by atoms with Gasteiger partial charge >= 0.3 is 0 Å². The largest absolute Gasteiger partial charge is 0.387 e. The number of anilines is 1. The molecule has 4 rings (SSSR count). The smallest absolute Gasteiger partial charge is 0.173 e. The summed E-state index contributed by atoms with van der Waals surface area (Å²) in [5.41, 5.74) is 0.873. The van der Waals surface area contributed by atoms with Crippen LogP contribution in [0.4, 0.5) is 5.82 Å². The van der Waals surface area contributed by atoms with Crippen LogP contribution in [-0.2, 0) is 14.2 Å². The third-order valence-corrected chi connectivity index (χ3v) is 6.36. The Morgan fingerprint density at radius 1 is 1.12 bits per heavy atom. The number of aromatic nitrogens is 3. The molecule has 1 fully saturated rings. The summed E-state index contributed by atoms with van der Waals surface area (Å²) in [6.45, 7) is 0.351. The number of fused-ring (bicyclic) bond motifs is 1. The lowest BCUT2D eigenvalue weighted by atomic mass is 9.99. The summed E-state index contributed by atoms with van der Waals surface area (Å²) in [6, 6.07) is 6.38. The van der Waals surface area contributed by atoms with Crippen LogP contribution in [0.3, 0.4) is 0 Å². The van der Waals surface area contributed by atoms with Crippen molar-refractivity contribution in [2.24, 2.45) is 0 Å². The Balaban J connectivity index is 1.58. The van der Waals surface area contributed by atoms with Gasteiger partial charge in [-0.15, -0.1) is 0 Å². The number of aliphatic hydroxyl groups is 3. The minimum atomic E-state index is -1.36. The van der Waals surface area contributed by atoms with Gasteiger partial charge in [0.15, 0.2) is 12.5 Å². The van der Waals surface area contributed by atoms with Crippen LogP contribution >= 0.6 is 23.2 Å². The Kier molecular flexibility index (Phi) is 7.37. The molecule has 10 nitrogen and oxygen atoms in total. The second kappa shape index (κ2) is 10.1. The standard InChI is InChI=1S/C21H24Cl2N4O6/c1-31-14(32-2)8-24-19-11-5-6-27(20(11)26-9-25-19)21-17(30)16(29)18(33-21)15(28)10-3-4-12(22)13(23)7-10/h3-7,9,14-18,21,28-30H,8H2,1-2H3,(H,24,25,26)/t15-,16+,17-,18-,21-/m1/s1.